The largest absolute Gasteiger partial charge is 0.355 e. The van der Waals surface area contributed by atoms with Gasteiger partial charge >= 0.3 is 0 Å². The van der Waals surface area contributed by atoms with Crippen molar-refractivity contribution in [1.82, 2.24) is 9.97 Å². The summed E-state index contributed by atoms with van der Waals surface area (Å²) < 4.78 is 50.9. The molecule has 0 saturated carbocycles. The topological polar surface area (TPSA) is 72.0 Å². The highest BCUT2D eigenvalue weighted by molar-refractivity contribution is 7.90. The number of sulfone groups is 1. The summed E-state index contributed by atoms with van der Waals surface area (Å²) >= 11 is 0. The van der Waals surface area contributed by atoms with Crippen LogP contribution in [0, 0.1) is 11.6 Å². The fourth-order valence-electron chi connectivity index (χ4n) is 3.06. The van der Waals surface area contributed by atoms with E-state index in [9.17, 15) is 17.2 Å². The summed E-state index contributed by atoms with van der Waals surface area (Å²) in [6.07, 6.45) is 4.29. The number of hydrogen-bond acceptors (Lipinski definition) is 5. The lowest BCUT2D eigenvalue weighted by Crippen LogP contribution is -1.97. The maximum Gasteiger partial charge on any atom is 0.175 e. The average molecular weight is 437 g/mol. The highest BCUT2D eigenvalue weighted by Gasteiger charge is 2.10. The smallest absolute Gasteiger partial charge is 0.175 e. The second-order valence-corrected chi connectivity index (χ2v) is 8.92. The highest BCUT2D eigenvalue weighted by Crippen LogP contribution is 2.27. The zero-order valence-corrected chi connectivity index (χ0v) is 17.2. The van der Waals surface area contributed by atoms with Gasteiger partial charge in [0, 0.05) is 41.2 Å². The van der Waals surface area contributed by atoms with Gasteiger partial charge in [-0.3, -0.25) is 9.97 Å². The first-order valence-corrected chi connectivity index (χ1v) is 11.1. The Bertz CT molecular complexity index is 1360. The number of hydrogen-bond donors (Lipinski definition) is 1. The molecule has 8 heteroatoms. The summed E-state index contributed by atoms with van der Waals surface area (Å²) in [7, 11) is -3.27. The minimum atomic E-state index is -3.27. The van der Waals surface area contributed by atoms with Gasteiger partial charge in [-0.05, 0) is 54.6 Å². The van der Waals surface area contributed by atoms with E-state index < -0.39 is 21.5 Å². The van der Waals surface area contributed by atoms with Crippen LogP contribution in [0.15, 0.2) is 84.0 Å². The second kappa shape index (κ2) is 8.23. The summed E-state index contributed by atoms with van der Waals surface area (Å²) in [6.45, 7) is 0. The van der Waals surface area contributed by atoms with Crippen molar-refractivity contribution in [2.24, 2.45) is 0 Å². The first-order chi connectivity index (χ1) is 14.8. The van der Waals surface area contributed by atoms with Crippen molar-refractivity contribution in [2.45, 2.75) is 4.90 Å². The van der Waals surface area contributed by atoms with Gasteiger partial charge in [-0.2, -0.15) is 0 Å². The van der Waals surface area contributed by atoms with Crippen LogP contribution in [-0.4, -0.2) is 24.6 Å². The molecular formula is C23H17F2N3O2S. The van der Waals surface area contributed by atoms with Gasteiger partial charge in [0.15, 0.2) is 9.84 Å². The van der Waals surface area contributed by atoms with E-state index in [1.54, 1.807) is 42.6 Å². The summed E-state index contributed by atoms with van der Waals surface area (Å²) in [5, 5.41) is 3.20. The molecule has 0 saturated heterocycles. The first kappa shape index (κ1) is 20.6. The predicted molar refractivity (Wildman–Crippen MR) is 116 cm³/mol. The number of aromatic nitrogens is 2. The molecule has 0 atom stereocenters. The van der Waals surface area contributed by atoms with E-state index in [1.807, 2.05) is 0 Å². The molecule has 1 N–H and O–H groups in total. The third-order valence-corrected chi connectivity index (χ3v) is 5.72. The van der Waals surface area contributed by atoms with Crippen molar-refractivity contribution in [1.29, 1.82) is 0 Å². The van der Waals surface area contributed by atoms with Gasteiger partial charge in [-0.1, -0.05) is 12.1 Å². The lowest BCUT2D eigenvalue weighted by Gasteiger charge is -2.10. The minimum Gasteiger partial charge on any atom is -0.355 e. The van der Waals surface area contributed by atoms with Crippen LogP contribution in [0.25, 0.3) is 22.5 Å². The van der Waals surface area contributed by atoms with Crippen LogP contribution < -0.4 is 5.32 Å². The summed E-state index contributed by atoms with van der Waals surface area (Å²) in [5.74, 6) is -1.10. The third kappa shape index (κ3) is 4.75. The molecule has 0 unspecified atom stereocenters. The Hall–Kier alpha value is -3.65. The van der Waals surface area contributed by atoms with E-state index in [0.717, 1.165) is 30.0 Å². The first-order valence-electron chi connectivity index (χ1n) is 9.25. The van der Waals surface area contributed by atoms with Crippen LogP contribution in [-0.2, 0) is 9.84 Å². The van der Waals surface area contributed by atoms with E-state index in [0.29, 0.717) is 22.8 Å². The Morgan fingerprint density at radius 1 is 0.774 bits per heavy atom. The summed E-state index contributed by atoms with van der Waals surface area (Å²) in [4.78, 5) is 8.71. The van der Waals surface area contributed by atoms with Crippen molar-refractivity contribution >= 4 is 21.2 Å². The predicted octanol–water partition coefficient (Wildman–Crippen LogP) is 5.24. The number of pyridine rings is 2. The standard InChI is InChI=1S/C23H17F2N3O2S/c1-31(29,30)19-5-2-15(3-6-19)22-13-17(8-10-26-22)28-18-9-11-27-23(14-18)20-12-16(24)4-7-21(20)25/h2-14H,1H3,(H,26,27,28). The normalized spacial score (nSPS) is 11.3. The van der Waals surface area contributed by atoms with Gasteiger partial charge < -0.3 is 5.32 Å². The van der Waals surface area contributed by atoms with Gasteiger partial charge in [-0.15, -0.1) is 0 Å². The summed E-state index contributed by atoms with van der Waals surface area (Å²) in [6, 6.07) is 16.6. The molecule has 0 bridgehead atoms. The van der Waals surface area contributed by atoms with E-state index in [-0.39, 0.29) is 10.5 Å². The van der Waals surface area contributed by atoms with E-state index in [4.69, 9.17) is 0 Å². The molecule has 2 aromatic heterocycles. The van der Waals surface area contributed by atoms with Crippen LogP contribution in [0.2, 0.25) is 0 Å². The molecule has 156 valence electrons. The quantitative estimate of drug-likeness (QED) is 0.463. The molecule has 0 radical (unpaired) electrons. The zero-order valence-electron chi connectivity index (χ0n) is 16.4. The maximum atomic E-state index is 14.1. The number of nitrogens with zero attached hydrogens (tertiary/aromatic N) is 2. The number of halogens is 2. The van der Waals surface area contributed by atoms with E-state index in [1.165, 1.54) is 18.3 Å². The van der Waals surface area contributed by atoms with Crippen LogP contribution >= 0.6 is 0 Å². The molecule has 2 heterocycles. The Morgan fingerprint density at radius 2 is 1.39 bits per heavy atom. The van der Waals surface area contributed by atoms with Crippen LogP contribution in [0.5, 0.6) is 0 Å². The van der Waals surface area contributed by atoms with Crippen molar-refractivity contribution in [3.63, 3.8) is 0 Å². The Morgan fingerprint density at radius 3 is 2.03 bits per heavy atom. The molecule has 0 aliphatic carbocycles. The third-order valence-electron chi connectivity index (χ3n) is 4.59. The van der Waals surface area contributed by atoms with Crippen LogP contribution in [0.3, 0.4) is 0 Å². The number of benzene rings is 2. The van der Waals surface area contributed by atoms with Crippen LogP contribution in [0.4, 0.5) is 20.2 Å². The number of nitrogens with one attached hydrogen (secondary N) is 1. The molecule has 0 aliphatic heterocycles. The molecule has 5 nitrogen and oxygen atoms in total. The SMILES string of the molecule is CS(=O)(=O)c1ccc(-c2cc(Nc3ccnc(-c4cc(F)ccc4F)c3)ccn2)cc1. The zero-order chi connectivity index (χ0) is 22.0. The molecular weight excluding hydrogens is 420 g/mol. The molecule has 4 rings (SSSR count). The molecule has 0 fully saturated rings. The van der Waals surface area contributed by atoms with Crippen LogP contribution in [0.1, 0.15) is 0 Å². The lowest BCUT2D eigenvalue weighted by atomic mass is 10.1. The molecule has 0 amide bonds. The van der Waals surface area contributed by atoms with E-state index in [2.05, 4.69) is 15.3 Å². The second-order valence-electron chi connectivity index (χ2n) is 6.91. The number of anilines is 2. The monoisotopic (exact) mass is 437 g/mol. The maximum absolute atomic E-state index is 14.1. The van der Waals surface area contributed by atoms with Gasteiger partial charge in [0.2, 0.25) is 0 Å². The molecule has 4 aromatic rings. The van der Waals surface area contributed by atoms with Gasteiger partial charge in [-0.25, -0.2) is 17.2 Å². The molecule has 2 aromatic carbocycles. The Kier molecular flexibility index (Phi) is 5.48. The number of rotatable bonds is 5. The highest BCUT2D eigenvalue weighted by atomic mass is 32.2. The van der Waals surface area contributed by atoms with E-state index >= 15 is 0 Å². The fourth-order valence-corrected chi connectivity index (χ4v) is 3.69. The Balaban J connectivity index is 1.60. The van der Waals surface area contributed by atoms with Crippen molar-refractivity contribution < 1.29 is 17.2 Å². The fraction of sp³-hybridized carbons (Fsp3) is 0.0435. The Labute approximate surface area is 178 Å². The van der Waals surface area contributed by atoms with Gasteiger partial charge in [0.25, 0.3) is 0 Å². The van der Waals surface area contributed by atoms with Crippen molar-refractivity contribution in [3.8, 4) is 22.5 Å². The van der Waals surface area contributed by atoms with Gasteiger partial charge in [0.1, 0.15) is 11.6 Å². The average Bonchev–Trinajstić information content (AvgIpc) is 2.75. The van der Waals surface area contributed by atoms with Gasteiger partial charge in [0.05, 0.1) is 16.3 Å². The van der Waals surface area contributed by atoms with Crippen molar-refractivity contribution in [3.05, 3.63) is 90.8 Å². The lowest BCUT2D eigenvalue weighted by molar-refractivity contribution is 0.602. The molecule has 0 aliphatic rings. The molecule has 31 heavy (non-hydrogen) atoms. The van der Waals surface area contributed by atoms with Crippen molar-refractivity contribution in [2.75, 3.05) is 11.6 Å². The minimum absolute atomic E-state index is 0.0741. The molecule has 0 spiro atoms. The summed E-state index contributed by atoms with van der Waals surface area (Å²) in [5.41, 5.74) is 3.13.